The van der Waals surface area contributed by atoms with Crippen LogP contribution in [0.15, 0.2) is 18.2 Å². The number of alkyl halides is 3. The smallest absolute Gasteiger partial charge is 0.389 e. The molecule has 1 aliphatic carbocycles. The minimum atomic E-state index is -4.56. The van der Waals surface area contributed by atoms with Crippen molar-refractivity contribution in [3.63, 3.8) is 0 Å². The number of amides is 1. The highest BCUT2D eigenvalue weighted by atomic mass is 32.1. The van der Waals surface area contributed by atoms with Crippen LogP contribution in [0.2, 0.25) is 0 Å². The van der Waals surface area contributed by atoms with Crippen LogP contribution < -0.4 is 16.4 Å². The molecular weight excluding hydrogens is 303 g/mol. The highest BCUT2D eigenvalue weighted by Crippen LogP contribution is 2.33. The Labute approximate surface area is 124 Å². The third-order valence-corrected chi connectivity index (χ3v) is 3.21. The van der Waals surface area contributed by atoms with Crippen LogP contribution in [0.25, 0.3) is 0 Å². The molecule has 1 aromatic rings. The first-order valence-corrected chi connectivity index (χ1v) is 6.72. The van der Waals surface area contributed by atoms with E-state index in [9.17, 15) is 18.0 Å². The molecule has 4 nitrogen and oxygen atoms in total. The fourth-order valence-corrected chi connectivity index (χ4v) is 1.97. The average Bonchev–Trinajstić information content (AvgIpc) is 3.18. The Kier molecular flexibility index (Phi) is 4.36. The van der Waals surface area contributed by atoms with Crippen molar-refractivity contribution < 1.29 is 18.0 Å². The molecule has 1 aromatic carbocycles. The number of hydrogen-bond acceptors (Lipinski definition) is 3. The van der Waals surface area contributed by atoms with E-state index < -0.39 is 11.7 Å². The van der Waals surface area contributed by atoms with E-state index in [2.05, 4.69) is 22.9 Å². The predicted octanol–water partition coefficient (Wildman–Crippen LogP) is 2.03. The second kappa shape index (κ2) is 5.88. The molecule has 0 radical (unpaired) electrons. The second-order valence-corrected chi connectivity index (χ2v) is 5.26. The van der Waals surface area contributed by atoms with Gasteiger partial charge in [0.2, 0.25) is 5.91 Å². The van der Waals surface area contributed by atoms with Crippen molar-refractivity contribution in [2.75, 3.05) is 11.9 Å². The summed E-state index contributed by atoms with van der Waals surface area (Å²) in [6.07, 6.45) is -2.66. The standard InChI is InChI=1S/C13H14F3N3OS/c14-13(15,16)10-5-8(3-4-9(10)12(17)21)18-6-11(20)19-7-1-2-7/h3-5,7,18H,1-2,6H2,(H2,17,21)(H,19,20). The van der Waals surface area contributed by atoms with Gasteiger partial charge in [-0.3, -0.25) is 4.79 Å². The van der Waals surface area contributed by atoms with Crippen LogP contribution in [0.3, 0.4) is 0 Å². The van der Waals surface area contributed by atoms with E-state index in [1.807, 2.05) is 0 Å². The van der Waals surface area contributed by atoms with Gasteiger partial charge in [-0.15, -0.1) is 0 Å². The highest BCUT2D eigenvalue weighted by molar-refractivity contribution is 7.80. The molecule has 0 unspecified atom stereocenters. The van der Waals surface area contributed by atoms with E-state index in [1.165, 1.54) is 12.1 Å². The van der Waals surface area contributed by atoms with Gasteiger partial charge >= 0.3 is 6.18 Å². The molecule has 2 rings (SSSR count). The number of hydrogen-bond donors (Lipinski definition) is 3. The SMILES string of the molecule is NC(=S)c1ccc(NCC(=O)NC2CC2)cc1C(F)(F)F. The quantitative estimate of drug-likeness (QED) is 0.727. The maximum absolute atomic E-state index is 12.9. The van der Waals surface area contributed by atoms with Gasteiger partial charge in [0.25, 0.3) is 0 Å². The van der Waals surface area contributed by atoms with E-state index in [0.29, 0.717) is 0 Å². The Hall–Kier alpha value is -1.83. The number of nitrogens with two attached hydrogens (primary N) is 1. The average molecular weight is 317 g/mol. The molecule has 0 aromatic heterocycles. The first-order valence-electron chi connectivity index (χ1n) is 6.31. The summed E-state index contributed by atoms with van der Waals surface area (Å²) < 4.78 is 38.8. The minimum absolute atomic E-state index is 0.0831. The van der Waals surface area contributed by atoms with Gasteiger partial charge in [0.05, 0.1) is 12.1 Å². The van der Waals surface area contributed by atoms with Gasteiger partial charge in [0.1, 0.15) is 4.99 Å². The van der Waals surface area contributed by atoms with Crippen LogP contribution in [-0.2, 0) is 11.0 Å². The molecule has 114 valence electrons. The molecule has 1 amide bonds. The fourth-order valence-electron chi connectivity index (χ4n) is 1.79. The van der Waals surface area contributed by atoms with E-state index in [0.717, 1.165) is 18.9 Å². The Balaban J connectivity index is 2.09. The van der Waals surface area contributed by atoms with E-state index >= 15 is 0 Å². The Morgan fingerprint density at radius 1 is 1.38 bits per heavy atom. The van der Waals surface area contributed by atoms with Crippen molar-refractivity contribution in [2.24, 2.45) is 5.73 Å². The van der Waals surface area contributed by atoms with Gasteiger partial charge < -0.3 is 16.4 Å². The lowest BCUT2D eigenvalue weighted by molar-refractivity contribution is -0.137. The van der Waals surface area contributed by atoms with Crippen LogP contribution in [0.4, 0.5) is 18.9 Å². The summed E-state index contributed by atoms with van der Waals surface area (Å²) in [5, 5.41) is 5.39. The zero-order valence-electron chi connectivity index (χ0n) is 11.0. The van der Waals surface area contributed by atoms with Gasteiger partial charge in [0, 0.05) is 17.3 Å². The Bertz CT molecular complexity index is 570. The molecule has 21 heavy (non-hydrogen) atoms. The van der Waals surface area contributed by atoms with Gasteiger partial charge in [-0.05, 0) is 31.0 Å². The normalized spacial score (nSPS) is 14.6. The van der Waals surface area contributed by atoms with Crippen molar-refractivity contribution in [1.82, 2.24) is 5.32 Å². The molecule has 0 saturated heterocycles. The van der Waals surface area contributed by atoms with Crippen LogP contribution >= 0.6 is 12.2 Å². The topological polar surface area (TPSA) is 67.1 Å². The summed E-state index contributed by atoms with van der Waals surface area (Å²) >= 11 is 4.62. The molecule has 4 N–H and O–H groups in total. The maximum Gasteiger partial charge on any atom is 0.417 e. The second-order valence-electron chi connectivity index (χ2n) is 4.82. The van der Waals surface area contributed by atoms with Crippen molar-refractivity contribution in [3.05, 3.63) is 29.3 Å². The molecule has 1 fully saturated rings. The number of benzene rings is 1. The Morgan fingerprint density at radius 3 is 2.57 bits per heavy atom. The first-order chi connectivity index (χ1) is 9.77. The minimum Gasteiger partial charge on any atom is -0.389 e. The van der Waals surface area contributed by atoms with Gasteiger partial charge in [-0.2, -0.15) is 13.2 Å². The number of anilines is 1. The number of carbonyl (C=O) groups excluding carboxylic acids is 1. The summed E-state index contributed by atoms with van der Waals surface area (Å²) in [6, 6.07) is 3.72. The van der Waals surface area contributed by atoms with Crippen molar-refractivity contribution in [1.29, 1.82) is 0 Å². The van der Waals surface area contributed by atoms with Gasteiger partial charge in [-0.25, -0.2) is 0 Å². The third-order valence-electron chi connectivity index (χ3n) is 2.99. The maximum atomic E-state index is 12.9. The van der Waals surface area contributed by atoms with Gasteiger partial charge in [-0.1, -0.05) is 12.2 Å². The molecule has 8 heteroatoms. The first kappa shape index (κ1) is 15.6. The molecular formula is C13H14F3N3OS. The zero-order chi connectivity index (χ0) is 15.6. The highest BCUT2D eigenvalue weighted by Gasteiger charge is 2.34. The van der Waals surface area contributed by atoms with Crippen molar-refractivity contribution >= 4 is 28.8 Å². The van der Waals surface area contributed by atoms with Crippen LogP contribution in [0.5, 0.6) is 0 Å². The summed E-state index contributed by atoms with van der Waals surface area (Å²) in [4.78, 5) is 11.2. The van der Waals surface area contributed by atoms with Crippen molar-refractivity contribution in [2.45, 2.75) is 25.1 Å². The van der Waals surface area contributed by atoms with Gasteiger partial charge in [0.15, 0.2) is 0 Å². The fraction of sp³-hybridized carbons (Fsp3) is 0.385. The number of halogens is 3. The lowest BCUT2D eigenvalue weighted by Crippen LogP contribution is -2.31. The molecule has 0 aliphatic heterocycles. The summed E-state index contributed by atoms with van der Waals surface area (Å²) in [7, 11) is 0. The number of nitrogens with one attached hydrogen (secondary N) is 2. The number of carbonyl (C=O) groups is 1. The molecule has 0 spiro atoms. The zero-order valence-corrected chi connectivity index (χ0v) is 11.8. The van der Waals surface area contributed by atoms with Crippen LogP contribution in [-0.4, -0.2) is 23.5 Å². The molecule has 0 bridgehead atoms. The summed E-state index contributed by atoms with van der Waals surface area (Å²) in [5.74, 6) is -0.246. The number of rotatable bonds is 5. The van der Waals surface area contributed by atoms with E-state index in [-0.39, 0.29) is 34.7 Å². The largest absolute Gasteiger partial charge is 0.417 e. The predicted molar refractivity (Wildman–Crippen MR) is 77.0 cm³/mol. The Morgan fingerprint density at radius 2 is 2.05 bits per heavy atom. The van der Waals surface area contributed by atoms with Crippen LogP contribution in [0, 0.1) is 0 Å². The lowest BCUT2D eigenvalue weighted by Gasteiger charge is -2.14. The van der Waals surface area contributed by atoms with Crippen molar-refractivity contribution in [3.8, 4) is 0 Å². The van der Waals surface area contributed by atoms with Crippen LogP contribution in [0.1, 0.15) is 24.0 Å². The molecule has 1 aliphatic rings. The lowest BCUT2D eigenvalue weighted by atomic mass is 10.1. The molecule has 0 atom stereocenters. The number of thiocarbonyl (C=S) groups is 1. The van der Waals surface area contributed by atoms with E-state index in [1.54, 1.807) is 0 Å². The molecule has 0 heterocycles. The molecule has 1 saturated carbocycles. The van der Waals surface area contributed by atoms with E-state index in [4.69, 9.17) is 5.73 Å². The monoisotopic (exact) mass is 317 g/mol. The third kappa shape index (κ3) is 4.32. The summed E-state index contributed by atoms with van der Waals surface area (Å²) in [6.45, 7) is -0.0831. The summed E-state index contributed by atoms with van der Waals surface area (Å²) in [5.41, 5.74) is 4.34.